The van der Waals surface area contributed by atoms with Gasteiger partial charge in [-0.2, -0.15) is 4.98 Å². The monoisotopic (exact) mass is 364 g/mol. The number of amides is 1. The van der Waals surface area contributed by atoms with Gasteiger partial charge in [-0.05, 0) is 37.8 Å². The van der Waals surface area contributed by atoms with Gasteiger partial charge in [0, 0.05) is 49.2 Å². The fraction of sp³-hybridized carbons (Fsp3) is 0.421. The van der Waals surface area contributed by atoms with Crippen LogP contribution in [0.4, 0.5) is 0 Å². The zero-order valence-electron chi connectivity index (χ0n) is 15.0. The van der Waals surface area contributed by atoms with E-state index in [4.69, 9.17) is 4.52 Å². The minimum Gasteiger partial charge on any atom is -0.340 e. The van der Waals surface area contributed by atoms with E-state index in [2.05, 4.69) is 20.1 Å². The van der Waals surface area contributed by atoms with E-state index in [0.29, 0.717) is 17.4 Å². The summed E-state index contributed by atoms with van der Waals surface area (Å²) in [4.78, 5) is 27.8. The molecule has 0 saturated carbocycles. The van der Waals surface area contributed by atoms with Gasteiger partial charge in [-0.25, -0.2) is 4.98 Å². The number of aryl methyl sites for hydroxylation is 1. The van der Waals surface area contributed by atoms with Crippen molar-refractivity contribution in [2.24, 2.45) is 7.05 Å². The van der Waals surface area contributed by atoms with Gasteiger partial charge in [0.05, 0.1) is 6.33 Å². The number of piperidine rings is 1. The quantitative estimate of drug-likeness (QED) is 0.709. The van der Waals surface area contributed by atoms with Crippen molar-refractivity contribution in [2.75, 3.05) is 0 Å². The van der Waals surface area contributed by atoms with Crippen LogP contribution >= 0.6 is 0 Å². The topological polar surface area (TPSA) is 89.9 Å². The third-order valence-corrected chi connectivity index (χ3v) is 5.62. The minimum absolute atomic E-state index is 0.0320. The van der Waals surface area contributed by atoms with E-state index >= 15 is 0 Å². The molecule has 2 aliphatic heterocycles. The second-order valence-electron chi connectivity index (χ2n) is 7.38. The van der Waals surface area contributed by atoms with Crippen LogP contribution in [0.25, 0.3) is 11.4 Å². The number of rotatable bonds is 3. The molecule has 2 bridgehead atoms. The van der Waals surface area contributed by atoms with Crippen molar-refractivity contribution in [1.29, 1.82) is 0 Å². The van der Waals surface area contributed by atoms with Crippen molar-refractivity contribution in [3.05, 3.63) is 48.6 Å². The first-order chi connectivity index (χ1) is 13.2. The highest BCUT2D eigenvalue weighted by Crippen LogP contribution is 2.43. The normalized spacial score (nSPS) is 24.3. The van der Waals surface area contributed by atoms with Crippen LogP contribution in [-0.4, -0.2) is 47.6 Å². The second-order valence-corrected chi connectivity index (χ2v) is 7.38. The summed E-state index contributed by atoms with van der Waals surface area (Å²) in [5.74, 6) is 1.48. The summed E-state index contributed by atoms with van der Waals surface area (Å²) in [7, 11) is 1.88. The first kappa shape index (κ1) is 16.2. The number of pyridine rings is 1. The van der Waals surface area contributed by atoms with Crippen molar-refractivity contribution in [3.8, 4) is 11.4 Å². The number of carbonyl (C=O) groups excluding carboxylic acids is 1. The highest BCUT2D eigenvalue weighted by Gasteiger charge is 2.45. The highest BCUT2D eigenvalue weighted by molar-refractivity contribution is 5.92. The van der Waals surface area contributed by atoms with E-state index in [1.54, 1.807) is 29.5 Å². The van der Waals surface area contributed by atoms with Gasteiger partial charge in [-0.15, -0.1) is 0 Å². The average Bonchev–Trinajstić information content (AvgIpc) is 3.40. The molecule has 5 heterocycles. The van der Waals surface area contributed by atoms with Crippen LogP contribution in [0.1, 0.15) is 48.0 Å². The zero-order valence-corrected chi connectivity index (χ0v) is 15.0. The molecule has 27 heavy (non-hydrogen) atoms. The standard InChI is InChI=1S/C19H20N6O2/c1-24-10-16(21-11-24)19(26)25-14-2-3-15(25)9-13(8-14)18-22-17(23-27-18)12-4-6-20-7-5-12/h4-7,10-11,13-15H,2-3,8-9H2,1H3/t13?,14-,15+. The molecule has 2 saturated heterocycles. The Labute approximate surface area is 156 Å². The maximum Gasteiger partial charge on any atom is 0.274 e. The Morgan fingerprint density at radius 1 is 1.19 bits per heavy atom. The molecule has 138 valence electrons. The van der Waals surface area contributed by atoms with Crippen LogP contribution in [0, 0.1) is 0 Å². The molecular formula is C19H20N6O2. The van der Waals surface area contributed by atoms with Gasteiger partial charge in [0.2, 0.25) is 11.7 Å². The van der Waals surface area contributed by atoms with E-state index < -0.39 is 0 Å². The number of hydrogen-bond donors (Lipinski definition) is 0. The highest BCUT2D eigenvalue weighted by atomic mass is 16.5. The lowest BCUT2D eigenvalue weighted by Gasteiger charge is -2.37. The SMILES string of the molecule is Cn1cnc(C(=O)N2[C@@H]3CC[C@H]2CC(c2nc(-c4ccncc4)no2)C3)c1. The van der Waals surface area contributed by atoms with Gasteiger partial charge in [-0.1, -0.05) is 5.16 Å². The molecule has 0 aliphatic carbocycles. The summed E-state index contributed by atoms with van der Waals surface area (Å²) in [6.07, 6.45) is 10.6. The molecule has 3 aromatic rings. The van der Waals surface area contributed by atoms with Gasteiger partial charge in [0.25, 0.3) is 5.91 Å². The Morgan fingerprint density at radius 2 is 1.93 bits per heavy atom. The smallest absolute Gasteiger partial charge is 0.274 e. The Bertz CT molecular complexity index is 952. The molecule has 2 aliphatic rings. The number of fused-ring (bicyclic) bond motifs is 2. The summed E-state index contributed by atoms with van der Waals surface area (Å²) in [6, 6.07) is 4.15. The van der Waals surface area contributed by atoms with E-state index in [1.165, 1.54) is 0 Å². The van der Waals surface area contributed by atoms with Crippen LogP contribution in [0.3, 0.4) is 0 Å². The molecule has 8 heteroatoms. The maximum absolute atomic E-state index is 12.9. The molecule has 0 aromatic carbocycles. The van der Waals surface area contributed by atoms with E-state index in [1.807, 2.05) is 24.1 Å². The van der Waals surface area contributed by atoms with Crippen molar-refractivity contribution >= 4 is 5.91 Å². The van der Waals surface area contributed by atoms with Crippen LogP contribution in [0.5, 0.6) is 0 Å². The Hall–Kier alpha value is -3.03. The fourth-order valence-corrected chi connectivity index (χ4v) is 4.39. The number of nitrogens with zero attached hydrogens (tertiary/aromatic N) is 6. The van der Waals surface area contributed by atoms with Crippen molar-refractivity contribution in [3.63, 3.8) is 0 Å². The molecule has 0 spiro atoms. The molecule has 1 amide bonds. The summed E-state index contributed by atoms with van der Waals surface area (Å²) < 4.78 is 7.37. The molecule has 5 rings (SSSR count). The van der Waals surface area contributed by atoms with E-state index in [0.717, 1.165) is 31.2 Å². The van der Waals surface area contributed by atoms with Gasteiger partial charge in [0.1, 0.15) is 5.69 Å². The van der Waals surface area contributed by atoms with Gasteiger partial charge >= 0.3 is 0 Å². The molecular weight excluding hydrogens is 344 g/mol. The van der Waals surface area contributed by atoms with Gasteiger partial charge in [-0.3, -0.25) is 9.78 Å². The Kier molecular flexibility index (Phi) is 3.77. The molecule has 8 nitrogen and oxygen atoms in total. The van der Waals surface area contributed by atoms with Crippen molar-refractivity contribution in [1.82, 2.24) is 29.6 Å². The van der Waals surface area contributed by atoms with Crippen molar-refractivity contribution < 1.29 is 9.32 Å². The fourth-order valence-electron chi connectivity index (χ4n) is 4.39. The largest absolute Gasteiger partial charge is 0.340 e. The lowest BCUT2D eigenvalue weighted by molar-refractivity contribution is 0.0549. The summed E-state index contributed by atoms with van der Waals surface area (Å²) >= 11 is 0. The third kappa shape index (κ3) is 2.81. The summed E-state index contributed by atoms with van der Waals surface area (Å²) in [5.41, 5.74) is 1.41. The van der Waals surface area contributed by atoms with E-state index in [-0.39, 0.29) is 23.9 Å². The third-order valence-electron chi connectivity index (χ3n) is 5.62. The molecule has 0 radical (unpaired) electrons. The summed E-state index contributed by atoms with van der Waals surface area (Å²) in [5, 5.41) is 4.13. The molecule has 3 atom stereocenters. The molecule has 3 aromatic heterocycles. The molecule has 1 unspecified atom stereocenters. The number of aromatic nitrogens is 5. The summed E-state index contributed by atoms with van der Waals surface area (Å²) in [6.45, 7) is 0. The molecule has 0 N–H and O–H groups in total. The van der Waals surface area contributed by atoms with Gasteiger partial charge in [0.15, 0.2) is 0 Å². The second kappa shape index (κ2) is 6.29. The number of hydrogen-bond acceptors (Lipinski definition) is 6. The predicted molar refractivity (Wildman–Crippen MR) is 95.7 cm³/mol. The molecule has 2 fully saturated rings. The van der Waals surface area contributed by atoms with Crippen LogP contribution < -0.4 is 0 Å². The number of imidazole rings is 1. The first-order valence-corrected chi connectivity index (χ1v) is 9.23. The van der Waals surface area contributed by atoms with E-state index in [9.17, 15) is 4.79 Å². The van der Waals surface area contributed by atoms with Crippen LogP contribution in [-0.2, 0) is 7.05 Å². The Morgan fingerprint density at radius 3 is 2.59 bits per heavy atom. The Balaban J connectivity index is 1.34. The van der Waals surface area contributed by atoms with Crippen LogP contribution in [0.2, 0.25) is 0 Å². The first-order valence-electron chi connectivity index (χ1n) is 9.23. The predicted octanol–water partition coefficient (Wildman–Crippen LogP) is 2.42. The average molecular weight is 364 g/mol. The zero-order chi connectivity index (χ0) is 18.4. The van der Waals surface area contributed by atoms with Gasteiger partial charge < -0.3 is 14.0 Å². The van der Waals surface area contributed by atoms with Crippen molar-refractivity contribution in [2.45, 2.75) is 43.7 Å². The lowest BCUT2D eigenvalue weighted by Crippen LogP contribution is -2.46. The minimum atomic E-state index is 0.0320. The maximum atomic E-state index is 12.9. The number of carbonyl (C=O) groups is 1. The van der Waals surface area contributed by atoms with Crippen LogP contribution in [0.15, 0.2) is 41.6 Å². The lowest BCUT2D eigenvalue weighted by atomic mass is 9.90.